The molecule has 1 aliphatic heterocycles. The van der Waals surface area contributed by atoms with Crippen molar-refractivity contribution in [3.05, 3.63) is 88.3 Å². The maximum atomic E-state index is 14.7. The molecule has 0 aliphatic carbocycles. The van der Waals surface area contributed by atoms with Gasteiger partial charge in [-0.3, -0.25) is 19.3 Å². The van der Waals surface area contributed by atoms with Crippen molar-refractivity contribution in [3.8, 4) is 11.3 Å². The molecule has 2 amide bonds. The van der Waals surface area contributed by atoms with Gasteiger partial charge in [0.2, 0.25) is 5.91 Å². The highest BCUT2D eigenvalue weighted by atomic mass is 35.5. The summed E-state index contributed by atoms with van der Waals surface area (Å²) in [6, 6.07) is 7.73. The lowest BCUT2D eigenvalue weighted by Gasteiger charge is -2.20. The predicted octanol–water partition coefficient (Wildman–Crippen LogP) is 6.37. The number of aryl methyl sites for hydroxylation is 1. The van der Waals surface area contributed by atoms with Crippen molar-refractivity contribution in [3.63, 3.8) is 0 Å². The second-order valence-electron chi connectivity index (χ2n) is 9.44. The third-order valence-electron chi connectivity index (χ3n) is 6.83. The monoisotopic (exact) mass is 568 g/mol. The van der Waals surface area contributed by atoms with E-state index in [1.54, 1.807) is 15.8 Å². The molecule has 5 rings (SSSR count). The van der Waals surface area contributed by atoms with Crippen LogP contribution in [0.15, 0.2) is 55.1 Å². The molecule has 12 heteroatoms. The molecule has 2 aromatic heterocycles. The van der Waals surface area contributed by atoms with Crippen LogP contribution in [0.3, 0.4) is 0 Å². The molecule has 1 N–H and O–H groups in total. The second kappa shape index (κ2) is 11.1. The van der Waals surface area contributed by atoms with E-state index in [2.05, 4.69) is 20.4 Å². The van der Waals surface area contributed by atoms with Crippen LogP contribution < -0.4 is 10.2 Å². The Morgan fingerprint density at radius 2 is 1.90 bits per heavy atom. The summed E-state index contributed by atoms with van der Waals surface area (Å²) in [4.78, 5) is 34.8. The molecule has 4 aromatic rings. The van der Waals surface area contributed by atoms with E-state index in [-0.39, 0.29) is 28.4 Å². The molecule has 0 spiro atoms. The van der Waals surface area contributed by atoms with Crippen LogP contribution in [0.2, 0.25) is 5.02 Å². The van der Waals surface area contributed by atoms with Gasteiger partial charge in [0.1, 0.15) is 5.69 Å². The van der Waals surface area contributed by atoms with E-state index in [0.29, 0.717) is 18.7 Å². The van der Waals surface area contributed by atoms with Gasteiger partial charge in [0.25, 0.3) is 12.3 Å². The zero-order valence-electron chi connectivity index (χ0n) is 21.5. The van der Waals surface area contributed by atoms with Crippen molar-refractivity contribution >= 4 is 34.8 Å². The second-order valence-corrected chi connectivity index (χ2v) is 9.85. The van der Waals surface area contributed by atoms with Crippen LogP contribution in [0.5, 0.6) is 0 Å². The fourth-order valence-electron chi connectivity index (χ4n) is 4.77. The Morgan fingerprint density at radius 1 is 1.12 bits per heavy atom. The average molecular weight is 569 g/mol. The van der Waals surface area contributed by atoms with Crippen molar-refractivity contribution in [1.29, 1.82) is 0 Å². The summed E-state index contributed by atoms with van der Waals surface area (Å²) in [6.07, 6.45) is 3.75. The number of carbonyl (C=O) groups is 2. The molecule has 1 saturated heterocycles. The van der Waals surface area contributed by atoms with E-state index < -0.39 is 29.3 Å². The molecule has 0 radical (unpaired) electrons. The van der Waals surface area contributed by atoms with Crippen LogP contribution in [-0.4, -0.2) is 38.1 Å². The van der Waals surface area contributed by atoms with E-state index in [0.717, 1.165) is 47.8 Å². The minimum absolute atomic E-state index is 0.120. The first kappa shape index (κ1) is 27.3. The fraction of sp³-hybridized carbons (Fsp3) is 0.250. The number of nitrogens with zero attached hydrogens (tertiary/aromatic N) is 5. The fourth-order valence-corrected chi connectivity index (χ4v) is 4.93. The van der Waals surface area contributed by atoms with E-state index in [1.807, 2.05) is 32.0 Å². The zero-order chi connectivity index (χ0) is 28.6. The Morgan fingerprint density at radius 3 is 2.60 bits per heavy atom. The Hall–Kier alpha value is -4.25. The van der Waals surface area contributed by atoms with Crippen molar-refractivity contribution < 1.29 is 22.8 Å². The highest BCUT2D eigenvalue weighted by molar-refractivity contribution is 6.31. The Bertz CT molecular complexity index is 1610. The lowest BCUT2D eigenvalue weighted by atomic mass is 10.0. The Balaban J connectivity index is 1.34. The number of benzene rings is 2. The number of hydrogen-bond acceptors (Lipinski definition) is 5. The van der Waals surface area contributed by atoms with Gasteiger partial charge in [0.05, 0.1) is 41.0 Å². The smallest absolute Gasteiger partial charge is 0.275 e. The van der Waals surface area contributed by atoms with Crippen molar-refractivity contribution in [2.24, 2.45) is 0 Å². The van der Waals surface area contributed by atoms with Crippen molar-refractivity contribution in [2.45, 2.75) is 39.2 Å². The normalized spacial score (nSPS) is 14.2. The van der Waals surface area contributed by atoms with Crippen molar-refractivity contribution in [1.82, 2.24) is 19.7 Å². The first-order valence-electron chi connectivity index (χ1n) is 12.5. The third-order valence-corrected chi connectivity index (χ3v) is 7.12. The summed E-state index contributed by atoms with van der Waals surface area (Å²) in [6.45, 7) is 4.64. The minimum Gasteiger partial charge on any atom is -0.318 e. The van der Waals surface area contributed by atoms with Crippen LogP contribution in [0.4, 0.5) is 24.5 Å². The number of hydrogen-bond donors (Lipinski definition) is 1. The van der Waals surface area contributed by atoms with Gasteiger partial charge >= 0.3 is 0 Å². The summed E-state index contributed by atoms with van der Waals surface area (Å²) >= 11 is 5.80. The SMILES string of the molecule is Cc1cc(N2CCCC2=O)ccc1C(C)n1cc(NC(=O)c2cncc(-c3c(C(F)F)ccc(Cl)c3F)n2)cn1. The summed E-state index contributed by atoms with van der Waals surface area (Å²) in [5, 5.41) is 6.66. The number of alkyl halides is 2. The Labute approximate surface area is 232 Å². The maximum Gasteiger partial charge on any atom is 0.275 e. The predicted molar refractivity (Wildman–Crippen MR) is 144 cm³/mol. The van der Waals surface area contributed by atoms with Gasteiger partial charge in [0, 0.05) is 36.0 Å². The van der Waals surface area contributed by atoms with Gasteiger partial charge < -0.3 is 10.2 Å². The van der Waals surface area contributed by atoms with Crippen LogP contribution in [0.25, 0.3) is 11.3 Å². The van der Waals surface area contributed by atoms with Crippen LogP contribution in [0.1, 0.15) is 59.4 Å². The molecular weight excluding hydrogens is 545 g/mol. The van der Waals surface area contributed by atoms with Crippen molar-refractivity contribution in [2.75, 3.05) is 16.8 Å². The van der Waals surface area contributed by atoms with E-state index in [1.165, 1.54) is 6.20 Å². The molecule has 1 unspecified atom stereocenters. The van der Waals surface area contributed by atoms with Gasteiger partial charge in [-0.2, -0.15) is 5.10 Å². The van der Waals surface area contributed by atoms with Crippen LogP contribution >= 0.6 is 11.6 Å². The molecule has 1 fully saturated rings. The quantitative estimate of drug-likeness (QED) is 0.280. The molecule has 1 atom stereocenters. The summed E-state index contributed by atoms with van der Waals surface area (Å²) in [5.74, 6) is -1.63. The van der Waals surface area contributed by atoms with Gasteiger partial charge in [-0.15, -0.1) is 0 Å². The molecule has 1 aliphatic rings. The number of aromatic nitrogens is 4. The molecule has 3 heterocycles. The third kappa shape index (κ3) is 5.29. The number of anilines is 2. The highest BCUT2D eigenvalue weighted by Crippen LogP contribution is 2.35. The summed E-state index contributed by atoms with van der Waals surface area (Å²) in [7, 11) is 0. The molecule has 0 saturated carbocycles. The van der Waals surface area contributed by atoms with E-state index >= 15 is 0 Å². The number of halogens is 4. The van der Waals surface area contributed by atoms with Crippen LogP contribution in [0, 0.1) is 12.7 Å². The number of carbonyl (C=O) groups excluding carboxylic acids is 2. The minimum atomic E-state index is -2.99. The number of amides is 2. The summed E-state index contributed by atoms with van der Waals surface area (Å²) in [5.41, 5.74) is 1.64. The number of rotatable bonds is 7. The lowest BCUT2D eigenvalue weighted by molar-refractivity contribution is -0.117. The molecular formula is C28H24ClF3N6O2. The zero-order valence-corrected chi connectivity index (χ0v) is 22.3. The maximum absolute atomic E-state index is 14.7. The average Bonchev–Trinajstić information content (AvgIpc) is 3.58. The largest absolute Gasteiger partial charge is 0.318 e. The topological polar surface area (TPSA) is 93.0 Å². The van der Waals surface area contributed by atoms with Gasteiger partial charge in [-0.05, 0) is 49.6 Å². The van der Waals surface area contributed by atoms with E-state index in [4.69, 9.17) is 11.6 Å². The highest BCUT2D eigenvalue weighted by Gasteiger charge is 2.24. The molecule has 2 aromatic carbocycles. The van der Waals surface area contributed by atoms with E-state index in [9.17, 15) is 22.8 Å². The summed E-state index contributed by atoms with van der Waals surface area (Å²) < 4.78 is 43.4. The first-order valence-corrected chi connectivity index (χ1v) is 12.9. The standard InChI is InChI=1S/C28H24ClF3N6O2/c1-15-10-18(37-9-3-4-24(37)39)5-6-19(15)16(2)38-14-17(11-34-38)35-28(40)23-13-33-12-22(36-23)25-20(27(31)32)7-8-21(29)26(25)30/h5-8,10-14,16,27H,3-4,9H2,1-2H3,(H,35,40). The van der Waals surface area contributed by atoms with Gasteiger partial charge in [-0.25, -0.2) is 18.2 Å². The Kier molecular flexibility index (Phi) is 7.57. The molecule has 0 bridgehead atoms. The first-order chi connectivity index (χ1) is 19.1. The molecule has 40 heavy (non-hydrogen) atoms. The number of nitrogens with one attached hydrogen (secondary N) is 1. The van der Waals surface area contributed by atoms with Crippen LogP contribution in [-0.2, 0) is 4.79 Å². The molecule has 206 valence electrons. The lowest BCUT2D eigenvalue weighted by Crippen LogP contribution is -2.23. The van der Waals surface area contributed by atoms with Gasteiger partial charge in [0.15, 0.2) is 5.82 Å². The molecule has 8 nitrogen and oxygen atoms in total. The van der Waals surface area contributed by atoms with Gasteiger partial charge in [-0.1, -0.05) is 23.7 Å².